The van der Waals surface area contributed by atoms with Crippen LogP contribution in [-0.4, -0.2) is 54.0 Å². The number of carbonyl (C=O) groups excluding carboxylic acids is 2. The second-order valence-corrected chi connectivity index (χ2v) is 8.59. The number of alkyl carbamates (subject to hydrolysis) is 1. The molecule has 2 aliphatic carbocycles. The van der Waals surface area contributed by atoms with E-state index in [4.69, 9.17) is 14.9 Å². The number of carboxylic acids is 1. The molecule has 4 rings (SSSR count). The molecule has 0 bridgehead atoms. The van der Waals surface area contributed by atoms with Crippen molar-refractivity contribution < 1.29 is 29.3 Å². The van der Waals surface area contributed by atoms with Crippen LogP contribution in [-0.2, 0) is 14.3 Å². The predicted molar refractivity (Wildman–Crippen MR) is 121 cm³/mol. The first-order valence-corrected chi connectivity index (χ1v) is 11.2. The molecule has 0 radical (unpaired) electrons. The van der Waals surface area contributed by atoms with E-state index in [1.54, 1.807) is 0 Å². The Balaban J connectivity index is 1.31. The Morgan fingerprint density at radius 2 is 1.64 bits per heavy atom. The second-order valence-electron chi connectivity index (χ2n) is 8.59. The summed E-state index contributed by atoms with van der Waals surface area (Å²) in [5, 5.41) is 23.3. The van der Waals surface area contributed by atoms with E-state index in [2.05, 4.69) is 34.9 Å². The quantitative estimate of drug-likeness (QED) is 0.488. The summed E-state index contributed by atoms with van der Waals surface area (Å²) in [7, 11) is 0. The monoisotopic (exact) mass is 452 g/mol. The average molecular weight is 453 g/mol. The van der Waals surface area contributed by atoms with Crippen LogP contribution in [0.1, 0.15) is 36.3 Å². The van der Waals surface area contributed by atoms with Crippen LogP contribution in [0.25, 0.3) is 11.1 Å². The first-order valence-electron chi connectivity index (χ1n) is 11.2. The molecule has 0 saturated heterocycles. The third kappa shape index (κ3) is 4.85. The summed E-state index contributed by atoms with van der Waals surface area (Å²) in [5.74, 6) is -2.24. The lowest BCUT2D eigenvalue weighted by Gasteiger charge is -2.21. The van der Waals surface area contributed by atoms with Gasteiger partial charge in [0.1, 0.15) is 12.6 Å². The Bertz CT molecular complexity index is 994. The lowest BCUT2D eigenvalue weighted by atomic mass is 9.95. The summed E-state index contributed by atoms with van der Waals surface area (Å²) in [6.07, 6.45) is 1.63. The SMILES string of the molecule is O=C(NC[C@H]1CCC[C@H]1C(=O)N[C@H](CO)C(=O)O)OCC1c2ccccc2-c2ccccc21. The molecule has 3 atom stereocenters. The van der Waals surface area contributed by atoms with Crippen molar-refractivity contribution in [3.05, 3.63) is 59.7 Å². The highest BCUT2D eigenvalue weighted by molar-refractivity contribution is 5.85. The Hall–Kier alpha value is -3.39. The van der Waals surface area contributed by atoms with Crippen molar-refractivity contribution in [3.63, 3.8) is 0 Å². The molecule has 2 aromatic carbocycles. The van der Waals surface area contributed by atoms with Gasteiger partial charge < -0.3 is 25.6 Å². The van der Waals surface area contributed by atoms with E-state index in [9.17, 15) is 14.4 Å². The van der Waals surface area contributed by atoms with Crippen LogP contribution >= 0.6 is 0 Å². The fourth-order valence-corrected chi connectivity index (χ4v) is 4.95. The normalized spacial score (nSPS) is 19.9. The van der Waals surface area contributed by atoms with Crippen LogP contribution in [0.4, 0.5) is 4.79 Å². The van der Waals surface area contributed by atoms with Crippen molar-refractivity contribution in [2.45, 2.75) is 31.2 Å². The van der Waals surface area contributed by atoms with Gasteiger partial charge in [-0.05, 0) is 41.0 Å². The molecule has 1 fully saturated rings. The molecule has 4 N–H and O–H groups in total. The van der Waals surface area contributed by atoms with Gasteiger partial charge in [-0.15, -0.1) is 0 Å². The van der Waals surface area contributed by atoms with Gasteiger partial charge in [-0.2, -0.15) is 0 Å². The van der Waals surface area contributed by atoms with E-state index in [0.29, 0.717) is 6.42 Å². The van der Waals surface area contributed by atoms with E-state index in [1.807, 2.05) is 24.3 Å². The van der Waals surface area contributed by atoms with Crippen LogP contribution in [0.3, 0.4) is 0 Å². The van der Waals surface area contributed by atoms with Crippen LogP contribution in [0.15, 0.2) is 48.5 Å². The van der Waals surface area contributed by atoms with E-state index < -0.39 is 36.5 Å². The number of benzene rings is 2. The molecule has 1 saturated carbocycles. The molecule has 2 aliphatic rings. The molecule has 33 heavy (non-hydrogen) atoms. The largest absolute Gasteiger partial charge is 0.480 e. The van der Waals surface area contributed by atoms with Gasteiger partial charge in [0.25, 0.3) is 0 Å². The van der Waals surface area contributed by atoms with Crippen molar-refractivity contribution in [1.29, 1.82) is 0 Å². The molecular weight excluding hydrogens is 424 g/mol. The zero-order valence-corrected chi connectivity index (χ0v) is 18.2. The summed E-state index contributed by atoms with van der Waals surface area (Å²) >= 11 is 0. The lowest BCUT2D eigenvalue weighted by Crippen LogP contribution is -2.47. The first-order chi connectivity index (χ1) is 16.0. The maximum Gasteiger partial charge on any atom is 0.407 e. The summed E-state index contributed by atoms with van der Waals surface area (Å²) < 4.78 is 5.55. The zero-order valence-electron chi connectivity index (χ0n) is 18.2. The molecule has 2 amide bonds. The molecule has 174 valence electrons. The Morgan fingerprint density at radius 1 is 1.00 bits per heavy atom. The van der Waals surface area contributed by atoms with Gasteiger partial charge >= 0.3 is 12.1 Å². The Labute approximate surface area is 192 Å². The van der Waals surface area contributed by atoms with Crippen molar-refractivity contribution in [2.24, 2.45) is 11.8 Å². The molecule has 2 aromatic rings. The number of fused-ring (bicyclic) bond motifs is 3. The highest BCUT2D eigenvalue weighted by atomic mass is 16.5. The summed E-state index contributed by atoms with van der Waals surface area (Å²) in [6, 6.07) is 14.9. The molecule has 8 nitrogen and oxygen atoms in total. The highest BCUT2D eigenvalue weighted by Crippen LogP contribution is 2.44. The molecule has 0 unspecified atom stereocenters. The van der Waals surface area contributed by atoms with Crippen molar-refractivity contribution in [1.82, 2.24) is 10.6 Å². The summed E-state index contributed by atoms with van der Waals surface area (Å²) in [5.41, 5.74) is 4.58. The van der Waals surface area contributed by atoms with E-state index in [-0.39, 0.29) is 25.0 Å². The minimum atomic E-state index is -1.33. The topological polar surface area (TPSA) is 125 Å². The number of nitrogens with one attached hydrogen (secondary N) is 2. The van der Waals surface area contributed by atoms with Crippen molar-refractivity contribution in [3.8, 4) is 11.1 Å². The summed E-state index contributed by atoms with van der Waals surface area (Å²) in [6.45, 7) is -0.187. The molecule has 0 aromatic heterocycles. The summed E-state index contributed by atoms with van der Waals surface area (Å²) in [4.78, 5) is 36.0. The van der Waals surface area contributed by atoms with E-state index >= 15 is 0 Å². The van der Waals surface area contributed by atoms with Gasteiger partial charge in [-0.3, -0.25) is 4.79 Å². The molecule has 8 heteroatoms. The highest BCUT2D eigenvalue weighted by Gasteiger charge is 2.35. The number of hydrogen-bond donors (Lipinski definition) is 4. The maximum atomic E-state index is 12.5. The minimum Gasteiger partial charge on any atom is -0.480 e. The van der Waals surface area contributed by atoms with Gasteiger partial charge in [0, 0.05) is 18.4 Å². The standard InChI is InChI=1S/C25H28N2O6/c28-13-22(24(30)31)27-23(29)16-11-5-6-15(16)12-26-25(32)33-14-21-19-9-3-1-7-17(19)18-8-2-4-10-20(18)21/h1-4,7-10,15-16,21-22,28H,5-6,11-14H2,(H,26,32)(H,27,29)(H,30,31)/t15-,16-,22-/m1/s1. The fraction of sp³-hybridized carbons (Fsp3) is 0.400. The number of aliphatic hydroxyl groups is 1. The number of hydrogen-bond acceptors (Lipinski definition) is 5. The van der Waals surface area contributed by atoms with Gasteiger partial charge in [0.15, 0.2) is 0 Å². The number of aliphatic carboxylic acids is 1. The number of carboxylic acid groups (broad SMARTS) is 1. The third-order valence-electron chi connectivity index (χ3n) is 6.65. The van der Waals surface area contributed by atoms with Crippen LogP contribution < -0.4 is 10.6 Å². The molecule has 0 heterocycles. The predicted octanol–water partition coefficient (Wildman–Crippen LogP) is 2.50. The Kier molecular flexibility index (Phi) is 6.93. The number of carbonyl (C=O) groups is 3. The van der Waals surface area contributed by atoms with Gasteiger partial charge in [-0.1, -0.05) is 55.0 Å². The van der Waals surface area contributed by atoms with Crippen molar-refractivity contribution in [2.75, 3.05) is 19.8 Å². The van der Waals surface area contributed by atoms with Crippen LogP contribution in [0, 0.1) is 11.8 Å². The van der Waals surface area contributed by atoms with E-state index in [1.165, 1.54) is 0 Å². The van der Waals surface area contributed by atoms with E-state index in [0.717, 1.165) is 35.1 Å². The lowest BCUT2D eigenvalue weighted by molar-refractivity contribution is -0.143. The number of aliphatic hydroxyl groups excluding tert-OH is 1. The van der Waals surface area contributed by atoms with Gasteiger partial charge in [0.05, 0.1) is 6.61 Å². The second kappa shape index (κ2) is 10.0. The fourth-order valence-electron chi connectivity index (χ4n) is 4.95. The first kappa shape index (κ1) is 22.8. The smallest absolute Gasteiger partial charge is 0.407 e. The third-order valence-corrected chi connectivity index (χ3v) is 6.65. The van der Waals surface area contributed by atoms with Crippen molar-refractivity contribution >= 4 is 18.0 Å². The van der Waals surface area contributed by atoms with Crippen LogP contribution in [0.5, 0.6) is 0 Å². The maximum absolute atomic E-state index is 12.5. The number of amides is 2. The minimum absolute atomic E-state index is 0.0282. The Morgan fingerprint density at radius 3 is 2.24 bits per heavy atom. The molecule has 0 spiro atoms. The number of ether oxygens (including phenoxy) is 1. The average Bonchev–Trinajstić information content (AvgIpc) is 3.42. The molecular formula is C25H28N2O6. The van der Waals surface area contributed by atoms with Gasteiger partial charge in [-0.25, -0.2) is 9.59 Å². The number of rotatable bonds is 8. The van der Waals surface area contributed by atoms with Gasteiger partial charge in [0.2, 0.25) is 5.91 Å². The molecule has 0 aliphatic heterocycles. The zero-order chi connectivity index (χ0) is 23.4. The van der Waals surface area contributed by atoms with Crippen LogP contribution in [0.2, 0.25) is 0 Å².